The van der Waals surface area contributed by atoms with Crippen LogP contribution in [0.4, 0.5) is 0 Å². The molecule has 4 aromatic rings. The van der Waals surface area contributed by atoms with Gasteiger partial charge in [0.2, 0.25) is 11.8 Å². The molecule has 1 N–H and O–H groups in total. The molecular weight excluding hydrogens is 580 g/mol. The number of amides is 2. The van der Waals surface area contributed by atoms with E-state index in [1.807, 2.05) is 6.07 Å². The number of aromatic nitrogens is 2. The molecule has 2 aromatic heterocycles. The summed E-state index contributed by atoms with van der Waals surface area (Å²) in [4.78, 5) is 33.5. The Bertz CT molecular complexity index is 1660. The maximum absolute atomic E-state index is 12.9. The largest absolute Gasteiger partial charge is 0.361 e. The monoisotopic (exact) mass is 634 g/mol. The van der Waals surface area contributed by atoms with Gasteiger partial charge in [0.15, 0.2) is 0 Å². The number of likely N-dealkylation sites (tertiary alicyclic amines) is 2. The maximum atomic E-state index is 12.9. The number of H-pyrrole nitrogens is 1. The van der Waals surface area contributed by atoms with E-state index in [4.69, 9.17) is 0 Å². The van der Waals surface area contributed by atoms with Gasteiger partial charge in [-0.15, -0.1) is 0 Å². The number of aryl methyl sites for hydroxylation is 3. The second-order valence-electron chi connectivity index (χ2n) is 14.8. The van der Waals surface area contributed by atoms with Gasteiger partial charge in [0.25, 0.3) is 0 Å². The minimum atomic E-state index is 0.367. The molecule has 47 heavy (non-hydrogen) atoms. The summed E-state index contributed by atoms with van der Waals surface area (Å²) < 4.78 is 2.17. The van der Waals surface area contributed by atoms with E-state index >= 15 is 0 Å². The van der Waals surface area contributed by atoms with Gasteiger partial charge < -0.3 is 19.4 Å². The second-order valence-corrected chi connectivity index (χ2v) is 14.8. The van der Waals surface area contributed by atoms with Crippen molar-refractivity contribution in [1.29, 1.82) is 0 Å². The topological polar surface area (TPSA) is 61.3 Å². The molecule has 8 rings (SSSR count). The number of piperidine rings is 2. The summed E-state index contributed by atoms with van der Waals surface area (Å²) in [6.45, 7) is 1.96. The molecule has 0 radical (unpaired) electrons. The highest BCUT2D eigenvalue weighted by Gasteiger charge is 2.36. The summed E-state index contributed by atoms with van der Waals surface area (Å²) in [6.07, 6.45) is 22.7. The van der Waals surface area contributed by atoms with E-state index in [0.29, 0.717) is 36.7 Å². The Morgan fingerprint density at radius 3 is 1.85 bits per heavy atom. The summed E-state index contributed by atoms with van der Waals surface area (Å²) in [7, 11) is 2.09. The van der Waals surface area contributed by atoms with Gasteiger partial charge in [0.05, 0.1) is 0 Å². The molecule has 250 valence electrons. The van der Waals surface area contributed by atoms with E-state index in [1.54, 1.807) is 0 Å². The quantitative estimate of drug-likeness (QED) is 0.231. The van der Waals surface area contributed by atoms with Gasteiger partial charge in [-0.1, -0.05) is 62.1 Å². The number of carbonyl (C=O) groups is 2. The lowest BCUT2D eigenvalue weighted by Gasteiger charge is -2.44. The Kier molecular flexibility index (Phi) is 10.0. The molecule has 4 unspecified atom stereocenters. The number of carbonyl (C=O) groups excluding carboxylic acids is 2. The Balaban J connectivity index is 0.000000150. The van der Waals surface area contributed by atoms with E-state index < -0.39 is 0 Å². The number of benzene rings is 2. The highest BCUT2D eigenvalue weighted by atomic mass is 16.2. The van der Waals surface area contributed by atoms with Crippen LogP contribution in [0.15, 0.2) is 60.9 Å². The van der Waals surface area contributed by atoms with Crippen LogP contribution in [0.25, 0.3) is 21.8 Å². The maximum Gasteiger partial charge on any atom is 0.223 e. The second kappa shape index (κ2) is 14.7. The predicted molar refractivity (Wildman–Crippen MR) is 191 cm³/mol. The molecule has 2 amide bonds. The number of hydrogen-bond acceptors (Lipinski definition) is 2. The SMILES string of the molecule is Cn1cc(CCC(=O)N2CCCC3CCCCC32)c2ccccc21.O=C(CCc1c[nH]c2ccccc12)N1CCCC2CCCCC21. The van der Waals surface area contributed by atoms with Crippen LogP contribution in [0, 0.1) is 11.8 Å². The zero-order valence-electron chi connectivity index (χ0n) is 28.5. The average Bonchev–Trinajstić information content (AvgIpc) is 3.69. The summed E-state index contributed by atoms with van der Waals surface area (Å²) >= 11 is 0. The molecule has 2 aliphatic carbocycles. The third-order valence-electron chi connectivity index (χ3n) is 12.0. The van der Waals surface area contributed by atoms with Crippen molar-refractivity contribution < 1.29 is 9.59 Å². The number of aromatic amines is 1. The number of para-hydroxylation sites is 2. The molecule has 6 heteroatoms. The molecule has 4 fully saturated rings. The van der Waals surface area contributed by atoms with Crippen LogP contribution >= 0.6 is 0 Å². The van der Waals surface area contributed by atoms with Crippen molar-refractivity contribution in [3.05, 3.63) is 72.1 Å². The number of nitrogens with one attached hydrogen (secondary N) is 1. The van der Waals surface area contributed by atoms with E-state index in [2.05, 4.69) is 81.3 Å². The lowest BCUT2D eigenvalue weighted by atomic mass is 9.78. The molecular formula is C41H54N4O2. The normalized spacial score (nSPS) is 24.4. The molecule has 4 atom stereocenters. The van der Waals surface area contributed by atoms with Crippen LogP contribution in [0.1, 0.15) is 101 Å². The fourth-order valence-corrected chi connectivity index (χ4v) is 9.60. The lowest BCUT2D eigenvalue weighted by molar-refractivity contribution is -0.138. The smallest absolute Gasteiger partial charge is 0.223 e. The Morgan fingerprint density at radius 1 is 0.660 bits per heavy atom. The van der Waals surface area contributed by atoms with Gasteiger partial charge in [-0.3, -0.25) is 9.59 Å². The van der Waals surface area contributed by atoms with Gasteiger partial charge in [0, 0.05) is 79.3 Å². The van der Waals surface area contributed by atoms with E-state index in [-0.39, 0.29) is 0 Å². The first-order valence-electron chi connectivity index (χ1n) is 18.7. The third-order valence-corrected chi connectivity index (χ3v) is 12.0. The Labute approximate surface area is 280 Å². The predicted octanol–water partition coefficient (Wildman–Crippen LogP) is 8.57. The van der Waals surface area contributed by atoms with Gasteiger partial charge in [-0.2, -0.15) is 0 Å². The van der Waals surface area contributed by atoms with E-state index in [1.165, 1.54) is 110 Å². The van der Waals surface area contributed by atoms with Crippen molar-refractivity contribution in [2.24, 2.45) is 18.9 Å². The minimum Gasteiger partial charge on any atom is -0.361 e. The van der Waals surface area contributed by atoms with Gasteiger partial charge in [0.1, 0.15) is 0 Å². The molecule has 4 aliphatic rings. The first kappa shape index (κ1) is 32.0. The highest BCUT2D eigenvalue weighted by molar-refractivity contribution is 5.85. The number of hydrogen-bond donors (Lipinski definition) is 1. The number of rotatable bonds is 6. The summed E-state index contributed by atoms with van der Waals surface area (Å²) in [5, 5.41) is 2.55. The molecule has 0 bridgehead atoms. The summed E-state index contributed by atoms with van der Waals surface area (Å²) in [6, 6.07) is 17.9. The average molecular weight is 635 g/mol. The Hall–Kier alpha value is -3.54. The molecule has 2 aromatic carbocycles. The van der Waals surface area contributed by atoms with Crippen molar-refractivity contribution in [2.75, 3.05) is 13.1 Å². The molecule has 6 nitrogen and oxygen atoms in total. The fourth-order valence-electron chi connectivity index (χ4n) is 9.60. The van der Waals surface area contributed by atoms with Gasteiger partial charge in [-0.05, 0) is 99.3 Å². The van der Waals surface area contributed by atoms with Crippen molar-refractivity contribution in [1.82, 2.24) is 19.4 Å². The van der Waals surface area contributed by atoms with Gasteiger partial charge in [-0.25, -0.2) is 0 Å². The van der Waals surface area contributed by atoms with Crippen LogP contribution < -0.4 is 0 Å². The van der Waals surface area contributed by atoms with Crippen molar-refractivity contribution in [3.63, 3.8) is 0 Å². The minimum absolute atomic E-state index is 0.367. The number of nitrogens with zero attached hydrogens (tertiary/aromatic N) is 3. The zero-order chi connectivity index (χ0) is 32.2. The molecule has 2 saturated heterocycles. The molecule has 4 heterocycles. The van der Waals surface area contributed by atoms with Crippen molar-refractivity contribution >= 4 is 33.6 Å². The first-order chi connectivity index (χ1) is 23.1. The standard InChI is InChI=1S/C21H28N2O.C20H26N2O/c1-22-15-17(18-9-3-5-11-20(18)22)12-13-21(24)23-14-6-8-16-7-2-4-10-19(16)23;23-20(22-13-5-7-15-6-1-4-10-19(15)22)12-11-16-14-21-18-9-3-2-8-17(16)18/h3,5,9,11,15-16,19H,2,4,6-8,10,12-14H2,1H3;2-3,8-9,14-15,19,21H,1,4-7,10-13H2. The zero-order valence-corrected chi connectivity index (χ0v) is 28.5. The van der Waals surface area contributed by atoms with Gasteiger partial charge >= 0.3 is 0 Å². The van der Waals surface area contributed by atoms with Crippen molar-refractivity contribution in [3.8, 4) is 0 Å². The lowest BCUT2D eigenvalue weighted by Crippen LogP contribution is -2.49. The number of fused-ring (bicyclic) bond motifs is 4. The molecule has 0 spiro atoms. The summed E-state index contributed by atoms with van der Waals surface area (Å²) in [5.74, 6) is 2.29. The van der Waals surface area contributed by atoms with Crippen molar-refractivity contribution in [2.45, 2.75) is 115 Å². The molecule has 2 saturated carbocycles. The Morgan fingerprint density at radius 2 is 1.19 bits per heavy atom. The van der Waals surface area contributed by atoms with E-state index in [9.17, 15) is 9.59 Å². The van der Waals surface area contributed by atoms with E-state index in [0.717, 1.165) is 37.8 Å². The van der Waals surface area contributed by atoms with Crippen LogP contribution in [0.2, 0.25) is 0 Å². The third kappa shape index (κ3) is 7.03. The highest BCUT2D eigenvalue weighted by Crippen LogP contribution is 2.37. The van der Waals surface area contributed by atoms with Crippen LogP contribution in [-0.2, 0) is 29.5 Å². The first-order valence-corrected chi connectivity index (χ1v) is 18.7. The summed E-state index contributed by atoms with van der Waals surface area (Å²) in [5.41, 5.74) is 5.00. The fraction of sp³-hybridized carbons (Fsp3) is 0.561. The van der Waals surface area contributed by atoms with Crippen LogP contribution in [0.5, 0.6) is 0 Å². The van der Waals surface area contributed by atoms with Crippen LogP contribution in [0.3, 0.4) is 0 Å². The van der Waals surface area contributed by atoms with Crippen LogP contribution in [-0.4, -0.2) is 56.3 Å². The molecule has 2 aliphatic heterocycles.